The van der Waals surface area contributed by atoms with E-state index in [1.54, 1.807) is 0 Å². The minimum absolute atomic E-state index is 0.189. The van der Waals surface area contributed by atoms with Gasteiger partial charge in [0.25, 0.3) is 0 Å². The van der Waals surface area contributed by atoms with E-state index in [4.69, 9.17) is 0 Å². The van der Waals surface area contributed by atoms with Crippen LogP contribution in [0.5, 0.6) is 0 Å². The second-order valence-corrected chi connectivity index (χ2v) is 15.5. The molecule has 0 spiro atoms. The Kier molecular flexibility index (Phi) is 4.70. The monoisotopic (exact) mass is 408 g/mol. The summed E-state index contributed by atoms with van der Waals surface area (Å²) in [5.74, 6) is 0. The molecule has 1 aliphatic carbocycles. The second-order valence-electron chi connectivity index (χ2n) is 8.97. The molecule has 1 unspecified atom stereocenters. The maximum absolute atomic E-state index is 12.1. The SMILES string of the molecule is CC(C)(C)[Si](C)(C)c1nc(C2(O)CCCc3ccccc32)cn1S(=O)(=O)O. The van der Waals surface area contributed by atoms with Crippen LogP contribution in [0.15, 0.2) is 30.5 Å². The number of benzene rings is 1. The van der Waals surface area contributed by atoms with Gasteiger partial charge in [-0.3, -0.25) is 4.55 Å². The molecule has 0 aliphatic heterocycles. The van der Waals surface area contributed by atoms with Crippen molar-refractivity contribution >= 4 is 23.8 Å². The molecule has 148 valence electrons. The summed E-state index contributed by atoms with van der Waals surface area (Å²) < 4.78 is 34.9. The van der Waals surface area contributed by atoms with Gasteiger partial charge >= 0.3 is 10.3 Å². The highest BCUT2D eigenvalue weighted by molar-refractivity contribution is 7.84. The number of imidazole rings is 1. The fourth-order valence-electron chi connectivity index (χ4n) is 3.57. The van der Waals surface area contributed by atoms with Crippen LogP contribution < -0.4 is 5.45 Å². The van der Waals surface area contributed by atoms with Crippen LogP contribution in [0.2, 0.25) is 18.1 Å². The normalized spacial score (nSPS) is 21.1. The summed E-state index contributed by atoms with van der Waals surface area (Å²) in [7, 11) is -6.92. The number of fused-ring (bicyclic) bond motifs is 1. The van der Waals surface area contributed by atoms with E-state index < -0.39 is 24.0 Å². The summed E-state index contributed by atoms with van der Waals surface area (Å²) in [5.41, 5.74) is 1.08. The maximum Gasteiger partial charge on any atom is 0.364 e. The molecule has 1 aromatic carbocycles. The van der Waals surface area contributed by atoms with Crippen molar-refractivity contribution in [3.63, 3.8) is 0 Å². The Labute approximate surface area is 162 Å². The van der Waals surface area contributed by atoms with Crippen LogP contribution in [0.1, 0.15) is 50.4 Å². The maximum atomic E-state index is 12.1. The molecule has 1 aliphatic rings. The minimum atomic E-state index is -4.52. The quantitative estimate of drug-likeness (QED) is 0.602. The van der Waals surface area contributed by atoms with Gasteiger partial charge in [0, 0.05) is 6.20 Å². The standard InChI is InChI=1S/C19H28N2O4SSi/c1-18(2,3)27(4,5)17-20-16(13-21(17)26(23,24)25)19(22)12-8-10-14-9-6-7-11-15(14)19/h6-7,9,11,13,22H,8,10,12H2,1-5H3,(H,23,24,25). The van der Waals surface area contributed by atoms with Crippen molar-refractivity contribution in [1.82, 2.24) is 8.96 Å². The van der Waals surface area contributed by atoms with Crippen LogP contribution in [0.25, 0.3) is 0 Å². The van der Waals surface area contributed by atoms with Gasteiger partial charge in [0.1, 0.15) is 19.1 Å². The summed E-state index contributed by atoms with van der Waals surface area (Å²) >= 11 is 0. The van der Waals surface area contributed by atoms with Crippen LogP contribution in [-0.4, -0.2) is 35.1 Å². The zero-order chi connectivity index (χ0) is 20.3. The van der Waals surface area contributed by atoms with Crippen LogP contribution >= 0.6 is 0 Å². The van der Waals surface area contributed by atoms with Gasteiger partial charge in [-0.05, 0) is 35.4 Å². The third-order valence-electron chi connectivity index (χ3n) is 6.23. The molecular formula is C19H28N2O4SSi. The van der Waals surface area contributed by atoms with Crippen molar-refractivity contribution < 1.29 is 18.1 Å². The van der Waals surface area contributed by atoms with E-state index >= 15 is 0 Å². The number of nitrogens with zero attached hydrogens (tertiary/aromatic N) is 2. The molecule has 0 fully saturated rings. The van der Waals surface area contributed by atoms with Crippen LogP contribution in [0.3, 0.4) is 0 Å². The highest BCUT2D eigenvalue weighted by atomic mass is 32.2. The van der Waals surface area contributed by atoms with Crippen molar-refractivity contribution in [1.29, 1.82) is 0 Å². The highest BCUT2D eigenvalue weighted by Crippen LogP contribution is 2.41. The molecule has 0 saturated heterocycles. The van der Waals surface area contributed by atoms with E-state index in [1.165, 1.54) is 6.20 Å². The number of aromatic nitrogens is 2. The molecule has 0 bridgehead atoms. The molecule has 2 aromatic rings. The first-order valence-corrected chi connectivity index (χ1v) is 13.6. The number of aryl methyl sites for hydroxylation is 1. The minimum Gasteiger partial charge on any atom is -0.379 e. The molecule has 27 heavy (non-hydrogen) atoms. The molecule has 8 heteroatoms. The lowest BCUT2D eigenvalue weighted by Crippen LogP contribution is -2.55. The van der Waals surface area contributed by atoms with Gasteiger partial charge in [-0.2, -0.15) is 8.42 Å². The summed E-state index contributed by atoms with van der Waals surface area (Å²) in [6, 6.07) is 7.65. The lowest BCUT2D eigenvalue weighted by Gasteiger charge is -2.36. The first-order chi connectivity index (χ1) is 12.3. The molecule has 2 N–H and O–H groups in total. The summed E-state index contributed by atoms with van der Waals surface area (Å²) in [4.78, 5) is 4.64. The van der Waals surface area contributed by atoms with E-state index in [2.05, 4.69) is 4.98 Å². The highest BCUT2D eigenvalue weighted by Gasteiger charge is 2.45. The van der Waals surface area contributed by atoms with E-state index in [9.17, 15) is 18.1 Å². The zero-order valence-corrected chi connectivity index (χ0v) is 18.3. The fourth-order valence-corrected chi connectivity index (χ4v) is 6.78. The summed E-state index contributed by atoms with van der Waals surface area (Å²) in [5, 5.41) is 11.3. The fraction of sp³-hybridized carbons (Fsp3) is 0.526. The molecule has 0 radical (unpaired) electrons. The molecule has 1 heterocycles. The Morgan fingerprint density at radius 2 is 1.85 bits per heavy atom. The largest absolute Gasteiger partial charge is 0.379 e. The average Bonchev–Trinajstić information content (AvgIpc) is 3.01. The Morgan fingerprint density at radius 1 is 1.22 bits per heavy atom. The zero-order valence-electron chi connectivity index (χ0n) is 16.5. The third-order valence-corrected chi connectivity index (χ3v) is 12.4. The lowest BCUT2D eigenvalue weighted by atomic mass is 9.77. The molecule has 1 atom stereocenters. The van der Waals surface area contributed by atoms with Crippen LogP contribution in [0, 0.1) is 0 Å². The van der Waals surface area contributed by atoms with Gasteiger partial charge in [0.2, 0.25) is 0 Å². The average molecular weight is 409 g/mol. The van der Waals surface area contributed by atoms with Gasteiger partial charge < -0.3 is 5.11 Å². The predicted molar refractivity (Wildman–Crippen MR) is 108 cm³/mol. The third kappa shape index (κ3) is 3.28. The van der Waals surface area contributed by atoms with Crippen molar-refractivity contribution in [3.05, 3.63) is 47.3 Å². The number of hydrogen-bond acceptors (Lipinski definition) is 4. The van der Waals surface area contributed by atoms with Gasteiger partial charge in [-0.1, -0.05) is 58.1 Å². The Morgan fingerprint density at radius 3 is 2.44 bits per heavy atom. The van der Waals surface area contributed by atoms with Crippen molar-refractivity contribution in [2.45, 2.75) is 63.8 Å². The molecule has 1 aromatic heterocycles. The Hall–Kier alpha value is -1.48. The van der Waals surface area contributed by atoms with E-state index in [0.717, 1.165) is 27.9 Å². The Bertz CT molecular complexity index is 976. The summed E-state index contributed by atoms with van der Waals surface area (Å²) in [6.07, 6.45) is 3.41. The van der Waals surface area contributed by atoms with Gasteiger partial charge in [0.05, 0.1) is 5.69 Å². The number of aliphatic hydroxyl groups is 1. The molecule has 0 amide bonds. The molecule has 0 saturated carbocycles. The predicted octanol–water partition coefficient (Wildman–Crippen LogP) is 2.82. The van der Waals surface area contributed by atoms with Gasteiger partial charge in [-0.15, -0.1) is 0 Å². The molecule has 6 nitrogen and oxygen atoms in total. The van der Waals surface area contributed by atoms with Crippen LogP contribution in [-0.2, 0) is 22.3 Å². The van der Waals surface area contributed by atoms with Crippen molar-refractivity contribution in [3.8, 4) is 0 Å². The van der Waals surface area contributed by atoms with Crippen molar-refractivity contribution in [2.75, 3.05) is 0 Å². The first-order valence-electron chi connectivity index (χ1n) is 9.17. The van der Waals surface area contributed by atoms with E-state index in [-0.39, 0.29) is 10.7 Å². The van der Waals surface area contributed by atoms with Gasteiger partial charge in [0.15, 0.2) is 0 Å². The van der Waals surface area contributed by atoms with E-state index in [0.29, 0.717) is 11.9 Å². The number of rotatable bonds is 3. The molecular weight excluding hydrogens is 380 g/mol. The van der Waals surface area contributed by atoms with E-state index in [1.807, 2.05) is 58.1 Å². The molecule has 3 rings (SSSR count). The number of hydrogen-bond donors (Lipinski definition) is 2. The van der Waals surface area contributed by atoms with Gasteiger partial charge in [-0.25, -0.2) is 8.96 Å². The summed E-state index contributed by atoms with van der Waals surface area (Å²) in [6.45, 7) is 10.2. The smallest absolute Gasteiger partial charge is 0.364 e. The second kappa shape index (κ2) is 6.27. The Balaban J connectivity index is 2.26. The van der Waals surface area contributed by atoms with Crippen molar-refractivity contribution in [2.24, 2.45) is 0 Å². The lowest BCUT2D eigenvalue weighted by molar-refractivity contribution is 0.0576. The van der Waals surface area contributed by atoms with Crippen LogP contribution in [0.4, 0.5) is 0 Å². The first kappa shape index (κ1) is 20.3. The topological polar surface area (TPSA) is 92.4 Å².